The topological polar surface area (TPSA) is 93.8 Å². The summed E-state index contributed by atoms with van der Waals surface area (Å²) in [6.45, 7) is 4.46. The lowest BCUT2D eigenvalue weighted by Crippen LogP contribution is -2.27. The number of nitrogen functional groups attached to an aromatic ring is 1. The van der Waals surface area contributed by atoms with Crippen LogP contribution in [0.2, 0.25) is 0 Å². The van der Waals surface area contributed by atoms with Gasteiger partial charge in [0, 0.05) is 19.2 Å². The summed E-state index contributed by atoms with van der Waals surface area (Å²) in [5, 5.41) is 0. The van der Waals surface area contributed by atoms with E-state index < -0.39 is 0 Å². The van der Waals surface area contributed by atoms with Gasteiger partial charge in [-0.3, -0.25) is 14.6 Å². The highest BCUT2D eigenvalue weighted by Crippen LogP contribution is 2.33. The Balaban J connectivity index is 1.52. The van der Waals surface area contributed by atoms with Gasteiger partial charge in [0.2, 0.25) is 5.91 Å². The van der Waals surface area contributed by atoms with Gasteiger partial charge in [-0.1, -0.05) is 24.3 Å². The van der Waals surface area contributed by atoms with E-state index in [0.29, 0.717) is 37.0 Å². The van der Waals surface area contributed by atoms with Gasteiger partial charge in [0.15, 0.2) is 0 Å². The number of rotatable bonds is 8. The molecule has 3 heterocycles. The van der Waals surface area contributed by atoms with Crippen molar-refractivity contribution >= 4 is 17.5 Å². The first-order valence-corrected chi connectivity index (χ1v) is 10.0. The summed E-state index contributed by atoms with van der Waals surface area (Å²) in [7, 11) is 1.60. The molecule has 0 aliphatic carbocycles. The molecule has 4 rings (SSSR count). The number of ether oxygens (including phenoxy) is 2. The Morgan fingerprint density at radius 3 is 2.62 bits per heavy atom. The lowest BCUT2D eigenvalue weighted by atomic mass is 10.1. The minimum atomic E-state index is -0.0278. The number of benzene rings is 1. The van der Waals surface area contributed by atoms with E-state index in [1.54, 1.807) is 12.0 Å². The van der Waals surface area contributed by atoms with Crippen LogP contribution in [0.25, 0.3) is 0 Å². The predicted octanol–water partition coefficient (Wildman–Crippen LogP) is 1.77. The Morgan fingerprint density at radius 1 is 1.10 bits per heavy atom. The van der Waals surface area contributed by atoms with E-state index in [1.165, 1.54) is 18.4 Å². The first kappa shape index (κ1) is 19.6. The number of likely N-dealkylation sites (tertiary alicyclic amines) is 1. The molecule has 1 fully saturated rings. The van der Waals surface area contributed by atoms with E-state index in [1.807, 2.05) is 6.07 Å². The van der Waals surface area contributed by atoms with Crippen LogP contribution in [-0.2, 0) is 29.0 Å². The lowest BCUT2D eigenvalue weighted by molar-refractivity contribution is -0.117. The van der Waals surface area contributed by atoms with Crippen LogP contribution < -0.4 is 15.4 Å². The van der Waals surface area contributed by atoms with Crippen molar-refractivity contribution in [2.24, 2.45) is 0 Å². The standard InChI is InChI=1S/C21H27N5O3/c1-28-9-10-29-21-23-19(22)17-12-18(27)26(20(17)24-21)14-16-6-4-5-15(11-16)13-25-7-2-3-8-25/h4-6,11H,2-3,7-10,12-14H2,1H3,(H2,22,23,24). The summed E-state index contributed by atoms with van der Waals surface area (Å²) < 4.78 is 10.5. The number of methoxy groups -OCH3 is 1. The van der Waals surface area contributed by atoms with Gasteiger partial charge in [0.05, 0.1) is 19.6 Å². The molecule has 2 aliphatic heterocycles. The monoisotopic (exact) mass is 397 g/mol. The Kier molecular flexibility index (Phi) is 5.92. The van der Waals surface area contributed by atoms with E-state index in [9.17, 15) is 4.79 Å². The van der Waals surface area contributed by atoms with Crippen LogP contribution in [0.5, 0.6) is 6.01 Å². The van der Waals surface area contributed by atoms with Crippen molar-refractivity contribution < 1.29 is 14.3 Å². The molecule has 0 bridgehead atoms. The molecule has 0 radical (unpaired) electrons. The first-order valence-electron chi connectivity index (χ1n) is 10.0. The predicted molar refractivity (Wildman–Crippen MR) is 110 cm³/mol. The zero-order valence-corrected chi connectivity index (χ0v) is 16.8. The van der Waals surface area contributed by atoms with Gasteiger partial charge >= 0.3 is 6.01 Å². The lowest BCUT2D eigenvalue weighted by Gasteiger charge is -2.19. The molecular weight excluding hydrogens is 370 g/mol. The smallest absolute Gasteiger partial charge is 0.320 e. The number of nitrogens with two attached hydrogens (primary N) is 1. The number of hydrogen-bond donors (Lipinski definition) is 1. The van der Waals surface area contributed by atoms with Crippen LogP contribution in [-0.4, -0.2) is 54.2 Å². The Hall–Kier alpha value is -2.71. The fourth-order valence-corrected chi connectivity index (χ4v) is 3.88. The molecule has 0 spiro atoms. The maximum Gasteiger partial charge on any atom is 0.320 e. The molecular formula is C21H27N5O3. The Labute approximate surface area is 170 Å². The maximum absolute atomic E-state index is 12.7. The van der Waals surface area contributed by atoms with Gasteiger partial charge < -0.3 is 15.2 Å². The zero-order chi connectivity index (χ0) is 20.2. The average molecular weight is 397 g/mol. The minimum Gasteiger partial charge on any atom is -0.461 e. The third kappa shape index (κ3) is 4.49. The number of aromatic nitrogens is 2. The summed E-state index contributed by atoms with van der Waals surface area (Å²) in [5.41, 5.74) is 9.07. The minimum absolute atomic E-state index is 0.0278. The zero-order valence-electron chi connectivity index (χ0n) is 16.8. The molecule has 1 aromatic carbocycles. The van der Waals surface area contributed by atoms with Crippen molar-refractivity contribution in [2.45, 2.75) is 32.4 Å². The summed E-state index contributed by atoms with van der Waals surface area (Å²) in [6, 6.07) is 8.57. The molecule has 8 heteroatoms. The number of carbonyl (C=O) groups is 1. The molecule has 154 valence electrons. The van der Waals surface area contributed by atoms with E-state index in [2.05, 4.69) is 33.1 Å². The van der Waals surface area contributed by atoms with Crippen molar-refractivity contribution in [2.75, 3.05) is 44.0 Å². The van der Waals surface area contributed by atoms with Gasteiger partial charge in [0.1, 0.15) is 18.2 Å². The largest absolute Gasteiger partial charge is 0.461 e. The highest BCUT2D eigenvalue weighted by molar-refractivity contribution is 6.01. The molecule has 29 heavy (non-hydrogen) atoms. The Bertz CT molecular complexity index is 883. The van der Waals surface area contributed by atoms with E-state index in [-0.39, 0.29) is 18.3 Å². The fourth-order valence-electron chi connectivity index (χ4n) is 3.88. The van der Waals surface area contributed by atoms with E-state index >= 15 is 0 Å². The van der Waals surface area contributed by atoms with Gasteiger partial charge in [-0.25, -0.2) is 0 Å². The van der Waals surface area contributed by atoms with Gasteiger partial charge in [-0.2, -0.15) is 9.97 Å². The van der Waals surface area contributed by atoms with Crippen LogP contribution in [0.15, 0.2) is 24.3 Å². The maximum atomic E-state index is 12.7. The first-order chi connectivity index (χ1) is 14.1. The molecule has 0 unspecified atom stereocenters. The van der Waals surface area contributed by atoms with Crippen molar-refractivity contribution in [1.82, 2.24) is 14.9 Å². The number of hydrogen-bond acceptors (Lipinski definition) is 7. The molecule has 2 N–H and O–H groups in total. The van der Waals surface area contributed by atoms with Crippen LogP contribution in [0.1, 0.15) is 29.5 Å². The van der Waals surface area contributed by atoms with Gasteiger partial charge in [-0.15, -0.1) is 0 Å². The molecule has 0 atom stereocenters. The summed E-state index contributed by atoms with van der Waals surface area (Å²) >= 11 is 0. The van der Waals surface area contributed by atoms with E-state index in [4.69, 9.17) is 15.2 Å². The molecule has 8 nitrogen and oxygen atoms in total. The van der Waals surface area contributed by atoms with Crippen LogP contribution >= 0.6 is 0 Å². The Morgan fingerprint density at radius 2 is 1.86 bits per heavy atom. The normalized spacial score (nSPS) is 16.4. The van der Waals surface area contributed by atoms with Crippen LogP contribution in [0.3, 0.4) is 0 Å². The third-order valence-corrected chi connectivity index (χ3v) is 5.34. The molecule has 2 aliphatic rings. The van der Waals surface area contributed by atoms with E-state index in [0.717, 1.165) is 25.2 Å². The van der Waals surface area contributed by atoms with Crippen molar-refractivity contribution in [3.05, 3.63) is 41.0 Å². The number of nitrogens with zero attached hydrogens (tertiary/aromatic N) is 4. The SMILES string of the molecule is COCCOc1nc(N)c2c(n1)N(Cc1cccc(CN3CCCC3)c1)C(=O)C2. The summed E-state index contributed by atoms with van der Waals surface area (Å²) in [5.74, 6) is 0.806. The number of anilines is 2. The van der Waals surface area contributed by atoms with Gasteiger partial charge in [-0.05, 0) is 37.1 Å². The molecule has 1 aromatic heterocycles. The average Bonchev–Trinajstić information content (AvgIpc) is 3.32. The number of amides is 1. The molecule has 1 saturated heterocycles. The quantitative estimate of drug-likeness (QED) is 0.679. The third-order valence-electron chi connectivity index (χ3n) is 5.34. The fraction of sp³-hybridized carbons (Fsp3) is 0.476. The second-order valence-electron chi connectivity index (χ2n) is 7.49. The summed E-state index contributed by atoms with van der Waals surface area (Å²) in [4.78, 5) is 25.4. The number of fused-ring (bicyclic) bond motifs is 1. The summed E-state index contributed by atoms with van der Waals surface area (Å²) in [6.07, 6.45) is 2.76. The second-order valence-corrected chi connectivity index (χ2v) is 7.49. The number of carbonyl (C=O) groups excluding carboxylic acids is 1. The van der Waals surface area contributed by atoms with Gasteiger partial charge in [0.25, 0.3) is 0 Å². The van der Waals surface area contributed by atoms with Crippen LogP contribution in [0, 0.1) is 0 Å². The molecule has 2 aromatic rings. The van der Waals surface area contributed by atoms with Crippen molar-refractivity contribution in [1.29, 1.82) is 0 Å². The van der Waals surface area contributed by atoms with Crippen LogP contribution in [0.4, 0.5) is 11.6 Å². The van der Waals surface area contributed by atoms with Crippen molar-refractivity contribution in [3.8, 4) is 6.01 Å². The highest BCUT2D eigenvalue weighted by Gasteiger charge is 2.32. The molecule has 1 amide bonds. The highest BCUT2D eigenvalue weighted by atomic mass is 16.5. The molecule has 0 saturated carbocycles. The van der Waals surface area contributed by atoms with Crippen molar-refractivity contribution in [3.63, 3.8) is 0 Å². The second kappa shape index (κ2) is 8.75.